The largest absolute Gasteiger partial charge is 0.478 e. The van der Waals surface area contributed by atoms with Gasteiger partial charge in [-0.3, -0.25) is 0 Å². The number of ether oxygens (including phenoxy) is 1. The number of hydrogen-bond acceptors (Lipinski definition) is 3. The topological polar surface area (TPSA) is 58.6 Å². The van der Waals surface area contributed by atoms with Gasteiger partial charge in [0.15, 0.2) is 0 Å². The zero-order valence-corrected chi connectivity index (χ0v) is 8.98. The fraction of sp³-hybridized carbons (Fsp3) is 0.417. The van der Waals surface area contributed by atoms with Gasteiger partial charge in [-0.2, -0.15) is 0 Å². The van der Waals surface area contributed by atoms with Crippen LogP contribution in [-0.2, 0) is 4.74 Å². The van der Waals surface area contributed by atoms with Crippen LogP contribution >= 0.6 is 0 Å². The summed E-state index contributed by atoms with van der Waals surface area (Å²) in [6, 6.07) is 7.29. The van der Waals surface area contributed by atoms with Crippen LogP contribution in [0.1, 0.15) is 23.2 Å². The van der Waals surface area contributed by atoms with E-state index >= 15 is 0 Å². The summed E-state index contributed by atoms with van der Waals surface area (Å²) in [4.78, 5) is 10.8. The third-order valence-electron chi connectivity index (χ3n) is 2.70. The van der Waals surface area contributed by atoms with Crippen LogP contribution in [0.4, 0.5) is 5.69 Å². The maximum atomic E-state index is 10.8. The summed E-state index contributed by atoms with van der Waals surface area (Å²) >= 11 is 0. The molecule has 16 heavy (non-hydrogen) atoms. The quantitative estimate of drug-likeness (QED) is 0.819. The second-order valence-corrected chi connectivity index (χ2v) is 3.92. The van der Waals surface area contributed by atoms with Crippen molar-refractivity contribution in [1.29, 1.82) is 0 Å². The minimum atomic E-state index is -0.893. The molecule has 0 saturated carbocycles. The van der Waals surface area contributed by atoms with Crippen LogP contribution in [-0.4, -0.2) is 30.3 Å². The van der Waals surface area contributed by atoms with Crippen LogP contribution in [0.5, 0.6) is 0 Å². The Labute approximate surface area is 94.2 Å². The van der Waals surface area contributed by atoms with Crippen LogP contribution in [0.15, 0.2) is 24.3 Å². The highest BCUT2D eigenvalue weighted by molar-refractivity contribution is 5.88. The maximum absolute atomic E-state index is 10.8. The smallest absolute Gasteiger partial charge is 0.335 e. The van der Waals surface area contributed by atoms with Crippen molar-refractivity contribution in [2.45, 2.75) is 18.9 Å². The average Bonchev–Trinajstić information content (AvgIpc) is 2.30. The number of carboxylic acids is 1. The fourth-order valence-corrected chi connectivity index (χ4v) is 1.82. The molecule has 2 rings (SSSR count). The Morgan fingerprint density at radius 2 is 2.12 bits per heavy atom. The van der Waals surface area contributed by atoms with E-state index < -0.39 is 5.97 Å². The summed E-state index contributed by atoms with van der Waals surface area (Å²) < 4.78 is 5.27. The fourth-order valence-electron chi connectivity index (χ4n) is 1.82. The van der Waals surface area contributed by atoms with Crippen molar-refractivity contribution in [3.05, 3.63) is 29.8 Å². The van der Waals surface area contributed by atoms with Gasteiger partial charge in [-0.15, -0.1) is 0 Å². The van der Waals surface area contributed by atoms with Crippen molar-refractivity contribution in [2.24, 2.45) is 0 Å². The van der Waals surface area contributed by atoms with E-state index in [1.165, 1.54) is 0 Å². The van der Waals surface area contributed by atoms with Gasteiger partial charge in [-0.05, 0) is 31.0 Å². The molecular formula is C12H15NO3. The zero-order valence-electron chi connectivity index (χ0n) is 8.98. The van der Waals surface area contributed by atoms with Crippen LogP contribution in [0.25, 0.3) is 0 Å². The minimum absolute atomic E-state index is 0.317. The summed E-state index contributed by atoms with van der Waals surface area (Å²) in [5.74, 6) is -0.893. The molecule has 0 amide bonds. The molecule has 0 unspecified atom stereocenters. The number of carboxylic acid groups (broad SMARTS) is 1. The van der Waals surface area contributed by atoms with E-state index in [-0.39, 0.29) is 0 Å². The second-order valence-electron chi connectivity index (χ2n) is 3.92. The average molecular weight is 221 g/mol. The van der Waals surface area contributed by atoms with Crippen molar-refractivity contribution in [1.82, 2.24) is 0 Å². The number of aromatic carboxylic acids is 1. The van der Waals surface area contributed by atoms with E-state index in [1.807, 2.05) is 6.07 Å². The molecule has 1 aromatic carbocycles. The predicted molar refractivity (Wildman–Crippen MR) is 60.9 cm³/mol. The first kappa shape index (κ1) is 11.0. The lowest BCUT2D eigenvalue weighted by atomic mass is 10.1. The Morgan fingerprint density at radius 1 is 1.38 bits per heavy atom. The molecule has 86 valence electrons. The van der Waals surface area contributed by atoms with Gasteiger partial charge in [0.25, 0.3) is 0 Å². The summed E-state index contributed by atoms with van der Waals surface area (Å²) in [6.45, 7) is 1.55. The van der Waals surface area contributed by atoms with E-state index in [4.69, 9.17) is 9.84 Å². The van der Waals surface area contributed by atoms with Crippen LogP contribution in [0.3, 0.4) is 0 Å². The lowest BCUT2D eigenvalue weighted by Gasteiger charge is -2.24. The minimum Gasteiger partial charge on any atom is -0.478 e. The Balaban J connectivity index is 2.02. The third-order valence-corrected chi connectivity index (χ3v) is 2.70. The number of hydrogen-bond donors (Lipinski definition) is 2. The van der Waals surface area contributed by atoms with Crippen molar-refractivity contribution < 1.29 is 14.6 Å². The SMILES string of the molecule is O=C(O)c1cccc(NC2CCOCC2)c1. The molecule has 1 aromatic rings. The molecule has 0 spiro atoms. The van der Waals surface area contributed by atoms with Gasteiger partial charge in [0.05, 0.1) is 5.56 Å². The first-order valence-corrected chi connectivity index (χ1v) is 5.43. The van der Waals surface area contributed by atoms with Gasteiger partial charge >= 0.3 is 5.97 Å². The molecule has 1 saturated heterocycles. The summed E-state index contributed by atoms with van der Waals surface area (Å²) in [7, 11) is 0. The molecule has 4 nitrogen and oxygen atoms in total. The molecule has 1 aliphatic rings. The molecule has 0 aromatic heterocycles. The Bertz CT molecular complexity index is 372. The van der Waals surface area contributed by atoms with E-state index in [1.54, 1.807) is 18.2 Å². The number of carbonyl (C=O) groups is 1. The van der Waals surface area contributed by atoms with Crippen molar-refractivity contribution >= 4 is 11.7 Å². The molecule has 1 aliphatic heterocycles. The zero-order chi connectivity index (χ0) is 11.4. The normalized spacial score (nSPS) is 17.0. The maximum Gasteiger partial charge on any atom is 0.335 e. The highest BCUT2D eigenvalue weighted by atomic mass is 16.5. The van der Waals surface area contributed by atoms with E-state index in [0.717, 1.165) is 31.7 Å². The second kappa shape index (κ2) is 4.99. The monoisotopic (exact) mass is 221 g/mol. The Morgan fingerprint density at radius 3 is 2.81 bits per heavy atom. The lowest BCUT2D eigenvalue weighted by Crippen LogP contribution is -2.27. The molecule has 0 aliphatic carbocycles. The number of benzene rings is 1. The standard InChI is InChI=1S/C12H15NO3/c14-12(15)9-2-1-3-11(8-9)13-10-4-6-16-7-5-10/h1-3,8,10,13H,4-7H2,(H,14,15). The molecule has 2 N–H and O–H groups in total. The van der Waals surface area contributed by atoms with Crippen LogP contribution < -0.4 is 5.32 Å². The molecule has 0 atom stereocenters. The highest BCUT2D eigenvalue weighted by Gasteiger charge is 2.13. The summed E-state index contributed by atoms with van der Waals surface area (Å²) in [6.07, 6.45) is 1.94. The number of nitrogens with one attached hydrogen (secondary N) is 1. The number of anilines is 1. The van der Waals surface area contributed by atoms with Gasteiger partial charge < -0.3 is 15.2 Å². The van der Waals surface area contributed by atoms with E-state index in [2.05, 4.69) is 5.32 Å². The van der Waals surface area contributed by atoms with Crippen molar-refractivity contribution in [2.75, 3.05) is 18.5 Å². The van der Waals surface area contributed by atoms with E-state index in [0.29, 0.717) is 11.6 Å². The van der Waals surface area contributed by atoms with Crippen molar-refractivity contribution in [3.8, 4) is 0 Å². The van der Waals surface area contributed by atoms with Gasteiger partial charge in [0.2, 0.25) is 0 Å². The van der Waals surface area contributed by atoms with Crippen LogP contribution in [0.2, 0.25) is 0 Å². The molecule has 1 fully saturated rings. The first-order valence-electron chi connectivity index (χ1n) is 5.43. The lowest BCUT2D eigenvalue weighted by molar-refractivity contribution is 0.0696. The highest BCUT2D eigenvalue weighted by Crippen LogP contribution is 2.16. The number of rotatable bonds is 3. The predicted octanol–water partition coefficient (Wildman–Crippen LogP) is 1.98. The first-order chi connectivity index (χ1) is 7.75. The van der Waals surface area contributed by atoms with E-state index in [9.17, 15) is 4.79 Å². The Kier molecular flexibility index (Phi) is 3.41. The molecule has 1 heterocycles. The van der Waals surface area contributed by atoms with Crippen LogP contribution in [0, 0.1) is 0 Å². The summed E-state index contributed by atoms with van der Waals surface area (Å²) in [5.41, 5.74) is 1.18. The molecule has 0 bridgehead atoms. The van der Waals surface area contributed by atoms with Gasteiger partial charge in [-0.25, -0.2) is 4.79 Å². The Hall–Kier alpha value is -1.55. The third kappa shape index (κ3) is 2.73. The summed E-state index contributed by atoms with van der Waals surface area (Å²) in [5, 5.41) is 12.2. The van der Waals surface area contributed by atoms with Crippen molar-refractivity contribution in [3.63, 3.8) is 0 Å². The van der Waals surface area contributed by atoms with Gasteiger partial charge in [0, 0.05) is 24.9 Å². The molecule has 0 radical (unpaired) electrons. The van der Waals surface area contributed by atoms with Gasteiger partial charge in [-0.1, -0.05) is 6.07 Å². The van der Waals surface area contributed by atoms with Gasteiger partial charge in [0.1, 0.15) is 0 Å². The molecule has 4 heteroatoms. The molecular weight excluding hydrogens is 206 g/mol.